The van der Waals surface area contributed by atoms with Crippen LogP contribution in [0.2, 0.25) is 0 Å². The zero-order valence-electron chi connectivity index (χ0n) is 21.2. The van der Waals surface area contributed by atoms with E-state index in [-0.39, 0.29) is 29.5 Å². The number of benzene rings is 1. The number of carbonyl (C=O) groups excluding carboxylic acids is 1. The normalized spacial score (nSPS) is 21.9. The maximum Gasteiger partial charge on any atom is 0.416 e. The predicted molar refractivity (Wildman–Crippen MR) is 140 cm³/mol. The third kappa shape index (κ3) is 6.60. The van der Waals surface area contributed by atoms with Gasteiger partial charge in [-0.1, -0.05) is 37.8 Å². The van der Waals surface area contributed by atoms with Crippen molar-refractivity contribution in [2.75, 3.05) is 19.6 Å². The van der Waals surface area contributed by atoms with Crippen molar-refractivity contribution >= 4 is 24.0 Å². The van der Waals surface area contributed by atoms with Gasteiger partial charge in [-0.3, -0.25) is 19.7 Å². The number of hydrogen-bond donors (Lipinski definition) is 1. The Labute approximate surface area is 211 Å². The topological polar surface area (TPSA) is 57.1 Å². The first-order valence-corrected chi connectivity index (χ1v) is 12.2. The van der Waals surface area contributed by atoms with Gasteiger partial charge < -0.3 is 5.32 Å². The van der Waals surface area contributed by atoms with Gasteiger partial charge in [0, 0.05) is 30.4 Å². The summed E-state index contributed by atoms with van der Waals surface area (Å²) in [4.78, 5) is 22.7. The molecule has 1 N–H and O–H groups in total. The Hall–Kier alpha value is -3.00. The Morgan fingerprint density at radius 1 is 1.36 bits per heavy atom. The fraction of sp³-hybridized carbons (Fsp3) is 0.464. The van der Waals surface area contributed by atoms with Crippen molar-refractivity contribution < 1.29 is 18.0 Å². The molecule has 0 aromatic heterocycles. The third-order valence-electron chi connectivity index (χ3n) is 7.24. The lowest BCUT2D eigenvalue weighted by Crippen LogP contribution is -2.62. The van der Waals surface area contributed by atoms with E-state index in [1.54, 1.807) is 13.0 Å². The highest BCUT2D eigenvalue weighted by atomic mass is 19.4. The Bertz CT molecular complexity index is 1080. The molecular weight excluding hydrogens is 465 g/mol. The Kier molecular flexibility index (Phi) is 8.71. The van der Waals surface area contributed by atoms with Gasteiger partial charge in [0.25, 0.3) is 0 Å². The van der Waals surface area contributed by atoms with Crippen molar-refractivity contribution in [1.29, 1.82) is 0 Å². The first kappa shape index (κ1) is 27.6. The molecule has 1 heterocycles. The number of nitrogens with one attached hydrogen (secondary N) is 1. The monoisotopic (exact) mass is 500 g/mol. The summed E-state index contributed by atoms with van der Waals surface area (Å²) >= 11 is 0. The number of rotatable bonds is 11. The predicted octanol–water partition coefficient (Wildman–Crippen LogP) is 5.89. The molecule has 36 heavy (non-hydrogen) atoms. The van der Waals surface area contributed by atoms with Gasteiger partial charge in [0.2, 0.25) is 5.91 Å². The van der Waals surface area contributed by atoms with E-state index in [1.807, 2.05) is 6.08 Å². The first-order valence-electron chi connectivity index (χ1n) is 12.2. The first-order chi connectivity index (χ1) is 17.0. The van der Waals surface area contributed by atoms with Gasteiger partial charge >= 0.3 is 6.18 Å². The molecule has 1 aliphatic heterocycles. The van der Waals surface area contributed by atoms with Gasteiger partial charge in [-0.25, -0.2) is 0 Å². The number of hydrogen-bond acceptors (Lipinski definition) is 4. The maximum absolute atomic E-state index is 13.1. The van der Waals surface area contributed by atoms with Gasteiger partial charge in [-0.15, -0.1) is 0 Å². The highest BCUT2D eigenvalue weighted by Gasteiger charge is 2.36. The van der Waals surface area contributed by atoms with Crippen LogP contribution in [-0.2, 0) is 11.0 Å². The smallest absolute Gasteiger partial charge is 0.349 e. The molecule has 1 amide bonds. The van der Waals surface area contributed by atoms with Crippen LogP contribution in [0.4, 0.5) is 18.9 Å². The van der Waals surface area contributed by atoms with E-state index in [9.17, 15) is 18.0 Å². The minimum atomic E-state index is -4.48. The van der Waals surface area contributed by atoms with E-state index in [0.29, 0.717) is 17.4 Å². The standard InChI is InChI=1S/C28H35F3N4O/c1-6-7-8-21-12-14-27(21,4)13-11-19(2)35-17-23(18-35)34-26(36)16-33-20(3)24-15-22(28(29,30)31)9-10-25(24)32-5/h6-10,12,15,19,23H,1,5,11,13-14,16-18H2,2-4H3,(H,34,36). The van der Waals surface area contributed by atoms with Crippen LogP contribution >= 0.6 is 0 Å². The molecule has 1 saturated heterocycles. The quantitative estimate of drug-likeness (QED) is 0.304. The summed E-state index contributed by atoms with van der Waals surface area (Å²) in [5.74, 6) is -0.252. The van der Waals surface area contributed by atoms with Crippen molar-refractivity contribution in [2.24, 2.45) is 15.4 Å². The summed E-state index contributed by atoms with van der Waals surface area (Å²) in [5.41, 5.74) is 1.63. The van der Waals surface area contributed by atoms with Crippen LogP contribution in [0.3, 0.4) is 0 Å². The van der Waals surface area contributed by atoms with Gasteiger partial charge in [0.1, 0.15) is 6.54 Å². The summed E-state index contributed by atoms with van der Waals surface area (Å²) in [6.45, 7) is 14.6. The minimum Gasteiger partial charge on any atom is -0.349 e. The van der Waals surface area contributed by atoms with Crippen LogP contribution in [0.15, 0.2) is 64.6 Å². The highest BCUT2D eigenvalue weighted by Crippen LogP contribution is 2.45. The molecule has 2 unspecified atom stereocenters. The van der Waals surface area contributed by atoms with Crippen LogP contribution in [0.5, 0.6) is 0 Å². The van der Waals surface area contributed by atoms with E-state index in [4.69, 9.17) is 0 Å². The summed E-state index contributed by atoms with van der Waals surface area (Å²) in [5, 5.41) is 2.97. The second-order valence-corrected chi connectivity index (χ2v) is 9.91. The lowest BCUT2D eigenvalue weighted by molar-refractivity contribution is -0.137. The largest absolute Gasteiger partial charge is 0.416 e. The average Bonchev–Trinajstić information content (AvgIpc) is 2.81. The number of nitrogens with zero attached hydrogens (tertiary/aromatic N) is 3. The molecule has 2 aliphatic rings. The number of allylic oxidation sites excluding steroid dienone is 5. The van der Waals surface area contributed by atoms with Crippen LogP contribution in [0, 0.1) is 5.41 Å². The summed E-state index contributed by atoms with van der Waals surface area (Å²) in [6.07, 6.45) is 7.00. The molecule has 2 atom stereocenters. The molecule has 0 spiro atoms. The van der Waals surface area contributed by atoms with E-state index < -0.39 is 11.7 Å². The molecule has 3 rings (SSSR count). The van der Waals surface area contributed by atoms with Crippen molar-refractivity contribution in [3.63, 3.8) is 0 Å². The molecule has 0 radical (unpaired) electrons. The van der Waals surface area contributed by atoms with E-state index in [1.165, 1.54) is 11.6 Å². The zero-order chi connectivity index (χ0) is 26.5. The summed E-state index contributed by atoms with van der Waals surface area (Å²) < 4.78 is 39.3. The molecule has 0 saturated carbocycles. The van der Waals surface area contributed by atoms with Gasteiger partial charge in [0.05, 0.1) is 17.3 Å². The van der Waals surface area contributed by atoms with E-state index >= 15 is 0 Å². The molecular formula is C28H35F3N4O. The molecule has 1 fully saturated rings. The Morgan fingerprint density at radius 2 is 2.08 bits per heavy atom. The SMILES string of the molecule is C=CC=CC1=CCC1(C)CCC(C)N1CC(NC(=O)CN=C(C)c2cc(C(F)(F)F)ccc2N=C)C1. The Balaban J connectivity index is 1.45. The van der Waals surface area contributed by atoms with Crippen LogP contribution in [-0.4, -0.2) is 55.0 Å². The second kappa shape index (κ2) is 11.4. The lowest BCUT2D eigenvalue weighted by Gasteiger charge is -2.45. The van der Waals surface area contributed by atoms with E-state index in [0.717, 1.165) is 44.5 Å². The second-order valence-electron chi connectivity index (χ2n) is 9.91. The molecule has 0 bridgehead atoms. The zero-order valence-corrected chi connectivity index (χ0v) is 21.2. The number of carbonyl (C=O) groups is 1. The van der Waals surface area contributed by atoms with Gasteiger partial charge in [0.15, 0.2) is 0 Å². The van der Waals surface area contributed by atoms with Crippen LogP contribution < -0.4 is 5.32 Å². The van der Waals surface area contributed by atoms with Crippen molar-refractivity contribution in [2.45, 2.75) is 58.3 Å². The molecule has 8 heteroatoms. The van der Waals surface area contributed by atoms with Crippen LogP contribution in [0.1, 0.15) is 51.2 Å². The van der Waals surface area contributed by atoms with E-state index in [2.05, 4.69) is 59.5 Å². The molecule has 194 valence electrons. The van der Waals surface area contributed by atoms with Crippen LogP contribution in [0.25, 0.3) is 0 Å². The van der Waals surface area contributed by atoms with Crippen molar-refractivity contribution in [3.05, 3.63) is 65.8 Å². The van der Waals surface area contributed by atoms with Crippen molar-refractivity contribution in [3.8, 4) is 0 Å². The summed E-state index contributed by atoms with van der Waals surface area (Å²) in [7, 11) is 0. The number of alkyl halides is 3. The summed E-state index contributed by atoms with van der Waals surface area (Å²) in [6, 6.07) is 3.68. The van der Waals surface area contributed by atoms with Crippen molar-refractivity contribution in [1.82, 2.24) is 10.2 Å². The number of likely N-dealkylation sites (tertiary alicyclic amines) is 1. The third-order valence-corrected chi connectivity index (χ3v) is 7.24. The highest BCUT2D eigenvalue weighted by molar-refractivity contribution is 6.04. The van der Waals surface area contributed by atoms with Gasteiger partial charge in [-0.2, -0.15) is 13.2 Å². The average molecular weight is 501 g/mol. The molecule has 1 aromatic rings. The Morgan fingerprint density at radius 3 is 2.67 bits per heavy atom. The molecule has 1 aliphatic carbocycles. The number of halogens is 3. The number of aliphatic imine (C=N–C) groups is 2. The fourth-order valence-corrected chi connectivity index (χ4v) is 4.62. The minimum absolute atomic E-state index is 0.0553. The molecule has 5 nitrogen and oxygen atoms in total. The lowest BCUT2D eigenvalue weighted by atomic mass is 9.67. The van der Waals surface area contributed by atoms with Gasteiger partial charge in [-0.05, 0) is 69.0 Å². The molecule has 1 aromatic carbocycles. The number of amides is 1. The maximum atomic E-state index is 13.1. The fourth-order valence-electron chi connectivity index (χ4n) is 4.62.